The third-order valence-corrected chi connectivity index (χ3v) is 6.12. The minimum atomic E-state index is 0.0699. The maximum Gasteiger partial charge on any atom is 0.151 e. The fourth-order valence-corrected chi connectivity index (χ4v) is 4.98. The topological polar surface area (TPSA) is 89.2 Å². The Balaban J connectivity index is 1.65. The summed E-state index contributed by atoms with van der Waals surface area (Å²) in [7, 11) is 3.76. The molecule has 4 rings (SSSR count). The molecule has 0 atom stereocenters. The van der Waals surface area contributed by atoms with Gasteiger partial charge in [0.05, 0.1) is 12.8 Å². The number of pyridine rings is 1. The fourth-order valence-electron chi connectivity index (χ4n) is 4.98. The monoisotopic (exact) mass is 420 g/mol. The first-order chi connectivity index (χ1) is 14.6. The third-order valence-electron chi connectivity index (χ3n) is 6.12. The van der Waals surface area contributed by atoms with Crippen molar-refractivity contribution in [1.29, 1.82) is 0 Å². The molecule has 7 heteroatoms. The van der Waals surface area contributed by atoms with Crippen LogP contribution in [0.4, 0.5) is 11.6 Å². The van der Waals surface area contributed by atoms with Crippen molar-refractivity contribution in [3.05, 3.63) is 36.5 Å². The Kier molecular flexibility index (Phi) is 5.25. The van der Waals surface area contributed by atoms with Crippen LogP contribution in [0.5, 0.6) is 5.75 Å². The number of piperidine rings is 1. The van der Waals surface area contributed by atoms with Crippen LogP contribution >= 0.6 is 0 Å². The van der Waals surface area contributed by atoms with Crippen LogP contribution in [0.15, 0.2) is 36.5 Å². The average Bonchev–Trinajstić information content (AvgIpc) is 2.70. The van der Waals surface area contributed by atoms with Gasteiger partial charge >= 0.3 is 0 Å². The first-order valence-corrected chi connectivity index (χ1v) is 10.7. The van der Waals surface area contributed by atoms with Crippen LogP contribution in [0, 0.1) is 0 Å². The predicted octanol–water partition coefficient (Wildman–Crippen LogP) is 4.03. The van der Waals surface area contributed by atoms with Crippen molar-refractivity contribution < 1.29 is 4.74 Å². The van der Waals surface area contributed by atoms with Crippen molar-refractivity contribution in [3.63, 3.8) is 0 Å². The van der Waals surface area contributed by atoms with E-state index >= 15 is 0 Å². The Morgan fingerprint density at radius 3 is 2.39 bits per heavy atom. The average molecular weight is 421 g/mol. The molecule has 0 amide bonds. The molecule has 0 saturated carbocycles. The molecule has 1 aromatic carbocycles. The second-order valence-electron chi connectivity index (χ2n) is 9.81. The summed E-state index contributed by atoms with van der Waals surface area (Å²) in [6.45, 7) is 9.04. The molecular formula is C24H32N6O. The van der Waals surface area contributed by atoms with Gasteiger partial charge in [-0.2, -0.15) is 0 Å². The van der Waals surface area contributed by atoms with E-state index in [1.165, 1.54) is 0 Å². The Morgan fingerprint density at radius 2 is 1.77 bits per heavy atom. The van der Waals surface area contributed by atoms with Crippen LogP contribution in [0.2, 0.25) is 0 Å². The lowest BCUT2D eigenvalue weighted by Crippen LogP contribution is -2.62. The van der Waals surface area contributed by atoms with E-state index in [-0.39, 0.29) is 11.1 Å². The number of nitrogen functional groups attached to an aromatic ring is 1. The van der Waals surface area contributed by atoms with E-state index < -0.39 is 0 Å². The van der Waals surface area contributed by atoms with Gasteiger partial charge in [-0.25, -0.2) is 4.98 Å². The summed E-state index contributed by atoms with van der Waals surface area (Å²) >= 11 is 0. The fraction of sp³-hybridized carbons (Fsp3) is 0.458. The number of methoxy groups -OCH3 is 1. The number of rotatable bonds is 4. The highest BCUT2D eigenvalue weighted by atomic mass is 16.5. The van der Waals surface area contributed by atoms with E-state index in [1.54, 1.807) is 13.3 Å². The SMILES string of the molecule is COc1cc2ccnc(N)c2cc1-c1ccc(N(C)C2CC(C)(C)NC(C)(C)C2)nn1. The van der Waals surface area contributed by atoms with Gasteiger partial charge < -0.3 is 20.7 Å². The largest absolute Gasteiger partial charge is 0.496 e. The Bertz CT molecular complexity index is 1080. The summed E-state index contributed by atoms with van der Waals surface area (Å²) in [5.41, 5.74) is 7.81. The molecule has 3 N–H and O–H groups in total. The Hall–Kier alpha value is -2.93. The maximum absolute atomic E-state index is 6.09. The summed E-state index contributed by atoms with van der Waals surface area (Å²) in [6, 6.07) is 10.3. The van der Waals surface area contributed by atoms with Crippen molar-refractivity contribution in [2.24, 2.45) is 0 Å². The molecule has 1 saturated heterocycles. The lowest BCUT2D eigenvalue weighted by atomic mass is 9.79. The second kappa shape index (κ2) is 7.64. The molecular weight excluding hydrogens is 388 g/mol. The van der Waals surface area contributed by atoms with Crippen LogP contribution in [0.1, 0.15) is 40.5 Å². The van der Waals surface area contributed by atoms with Crippen molar-refractivity contribution >= 4 is 22.4 Å². The van der Waals surface area contributed by atoms with Crippen molar-refractivity contribution in [1.82, 2.24) is 20.5 Å². The van der Waals surface area contributed by atoms with Gasteiger partial charge in [-0.05, 0) is 76.3 Å². The minimum absolute atomic E-state index is 0.0699. The molecule has 1 aliphatic heterocycles. The Labute approximate surface area is 184 Å². The van der Waals surface area contributed by atoms with Gasteiger partial charge in [-0.3, -0.25) is 0 Å². The molecule has 1 aliphatic rings. The van der Waals surface area contributed by atoms with E-state index in [0.29, 0.717) is 11.9 Å². The highest BCUT2D eigenvalue weighted by Crippen LogP contribution is 2.36. The van der Waals surface area contributed by atoms with Gasteiger partial charge in [0, 0.05) is 41.3 Å². The van der Waals surface area contributed by atoms with Crippen LogP contribution in [0.3, 0.4) is 0 Å². The summed E-state index contributed by atoms with van der Waals surface area (Å²) in [5, 5.41) is 14.7. The number of benzene rings is 1. The molecule has 7 nitrogen and oxygen atoms in total. The molecule has 164 valence electrons. The summed E-state index contributed by atoms with van der Waals surface area (Å²) in [6.07, 6.45) is 3.78. The molecule has 0 radical (unpaired) electrons. The number of nitrogens with two attached hydrogens (primary N) is 1. The van der Waals surface area contributed by atoms with E-state index in [9.17, 15) is 0 Å². The van der Waals surface area contributed by atoms with Gasteiger partial charge in [0.1, 0.15) is 11.6 Å². The van der Waals surface area contributed by atoms with Crippen LogP contribution in [-0.4, -0.2) is 46.5 Å². The molecule has 2 aromatic heterocycles. The summed E-state index contributed by atoms with van der Waals surface area (Å²) in [4.78, 5) is 6.45. The standard InChI is InChI=1S/C24H32N6O/c1-23(2)13-16(14-24(3,4)29-23)30(5)21-8-7-19(27-28-21)18-12-17-15(11-20(18)31-6)9-10-26-22(17)25/h7-12,16,29H,13-14H2,1-6H3,(H2,25,26). The number of anilines is 2. The first kappa shape index (κ1) is 21.3. The Morgan fingerprint density at radius 1 is 1.06 bits per heavy atom. The van der Waals surface area contributed by atoms with E-state index in [0.717, 1.165) is 46.4 Å². The van der Waals surface area contributed by atoms with Gasteiger partial charge in [0.2, 0.25) is 0 Å². The number of hydrogen-bond donors (Lipinski definition) is 2. The van der Waals surface area contributed by atoms with Gasteiger partial charge in [0.15, 0.2) is 5.82 Å². The quantitative estimate of drug-likeness (QED) is 0.659. The summed E-state index contributed by atoms with van der Waals surface area (Å²) < 4.78 is 5.62. The number of hydrogen-bond acceptors (Lipinski definition) is 7. The van der Waals surface area contributed by atoms with Crippen molar-refractivity contribution in [2.75, 3.05) is 24.8 Å². The minimum Gasteiger partial charge on any atom is -0.496 e. The van der Waals surface area contributed by atoms with Gasteiger partial charge in [-0.15, -0.1) is 10.2 Å². The number of ether oxygens (including phenoxy) is 1. The first-order valence-electron chi connectivity index (χ1n) is 10.7. The molecule has 31 heavy (non-hydrogen) atoms. The zero-order valence-electron chi connectivity index (χ0n) is 19.2. The lowest BCUT2D eigenvalue weighted by molar-refractivity contribution is 0.160. The van der Waals surface area contributed by atoms with Crippen LogP contribution < -0.4 is 20.7 Å². The van der Waals surface area contributed by atoms with Crippen LogP contribution in [-0.2, 0) is 0 Å². The number of nitrogens with zero attached hydrogens (tertiary/aromatic N) is 4. The maximum atomic E-state index is 6.09. The molecule has 1 fully saturated rings. The number of nitrogens with one attached hydrogen (secondary N) is 1. The number of fused-ring (bicyclic) bond motifs is 1. The normalized spacial score (nSPS) is 18.1. The zero-order valence-corrected chi connectivity index (χ0v) is 19.2. The molecule has 3 aromatic rings. The van der Waals surface area contributed by atoms with E-state index in [2.05, 4.69) is 60.1 Å². The van der Waals surface area contributed by atoms with Crippen LogP contribution in [0.25, 0.3) is 22.0 Å². The second-order valence-corrected chi connectivity index (χ2v) is 9.81. The van der Waals surface area contributed by atoms with Crippen molar-refractivity contribution in [3.8, 4) is 17.0 Å². The summed E-state index contributed by atoms with van der Waals surface area (Å²) in [5.74, 6) is 2.08. The van der Waals surface area contributed by atoms with Gasteiger partial charge in [0.25, 0.3) is 0 Å². The highest BCUT2D eigenvalue weighted by Gasteiger charge is 2.39. The molecule has 0 spiro atoms. The molecule has 0 aliphatic carbocycles. The lowest BCUT2D eigenvalue weighted by Gasteiger charge is -2.49. The van der Waals surface area contributed by atoms with E-state index in [4.69, 9.17) is 10.5 Å². The zero-order chi connectivity index (χ0) is 22.4. The van der Waals surface area contributed by atoms with Crippen molar-refractivity contribution in [2.45, 2.75) is 57.7 Å². The predicted molar refractivity (Wildman–Crippen MR) is 126 cm³/mol. The van der Waals surface area contributed by atoms with E-state index in [1.807, 2.05) is 30.3 Å². The molecule has 0 bridgehead atoms. The molecule has 3 heterocycles. The smallest absolute Gasteiger partial charge is 0.151 e. The highest BCUT2D eigenvalue weighted by molar-refractivity contribution is 5.96. The third kappa shape index (κ3) is 4.28. The number of aromatic nitrogens is 3. The molecule has 0 unspecified atom stereocenters. The van der Waals surface area contributed by atoms with Gasteiger partial charge in [-0.1, -0.05) is 0 Å².